The molecule has 2 aromatic rings. The van der Waals surface area contributed by atoms with Crippen LogP contribution in [-0.4, -0.2) is 21.5 Å². The van der Waals surface area contributed by atoms with Gasteiger partial charge in [0.2, 0.25) is 5.91 Å². The molecule has 0 aliphatic carbocycles. The summed E-state index contributed by atoms with van der Waals surface area (Å²) in [6.45, 7) is 2.97. The lowest BCUT2D eigenvalue weighted by Gasteiger charge is -2.08. The fourth-order valence-corrected chi connectivity index (χ4v) is 1.70. The van der Waals surface area contributed by atoms with Crippen molar-refractivity contribution in [3.05, 3.63) is 54.1 Å². The van der Waals surface area contributed by atoms with Crippen molar-refractivity contribution in [3.8, 4) is 0 Å². The zero-order valence-corrected chi connectivity index (χ0v) is 10.9. The van der Waals surface area contributed by atoms with Gasteiger partial charge >= 0.3 is 0 Å². The molecular formula is C14H18N4O. The van der Waals surface area contributed by atoms with Gasteiger partial charge in [0.05, 0.1) is 12.4 Å². The van der Waals surface area contributed by atoms with Crippen molar-refractivity contribution in [1.82, 2.24) is 14.9 Å². The number of hydrogen-bond acceptors (Lipinski definition) is 3. The van der Waals surface area contributed by atoms with Crippen molar-refractivity contribution in [1.29, 1.82) is 0 Å². The van der Waals surface area contributed by atoms with Gasteiger partial charge in [-0.05, 0) is 18.1 Å². The van der Waals surface area contributed by atoms with Crippen LogP contribution in [-0.2, 0) is 17.9 Å². The van der Waals surface area contributed by atoms with Gasteiger partial charge < -0.3 is 15.6 Å². The number of nitrogens with zero attached hydrogens (tertiary/aromatic N) is 2. The number of rotatable bonds is 5. The van der Waals surface area contributed by atoms with Crippen LogP contribution in [0.2, 0.25) is 0 Å². The number of amides is 1. The van der Waals surface area contributed by atoms with E-state index in [1.54, 1.807) is 19.4 Å². The van der Waals surface area contributed by atoms with Crippen molar-refractivity contribution < 1.29 is 4.79 Å². The number of imidazole rings is 1. The quantitative estimate of drug-likeness (QED) is 0.836. The summed E-state index contributed by atoms with van der Waals surface area (Å²) in [4.78, 5) is 15.4. The van der Waals surface area contributed by atoms with Gasteiger partial charge in [0.1, 0.15) is 0 Å². The van der Waals surface area contributed by atoms with E-state index in [1.807, 2.05) is 35.0 Å². The Balaban J connectivity index is 1.89. The molecule has 2 rings (SSSR count). The molecule has 5 nitrogen and oxygen atoms in total. The van der Waals surface area contributed by atoms with Crippen LogP contribution in [0.3, 0.4) is 0 Å². The Kier molecular flexibility index (Phi) is 4.30. The largest absolute Gasteiger partial charge is 0.351 e. The third kappa shape index (κ3) is 3.93. The molecule has 0 aliphatic rings. The van der Waals surface area contributed by atoms with Crippen molar-refractivity contribution in [2.24, 2.45) is 5.73 Å². The summed E-state index contributed by atoms with van der Waals surface area (Å²) in [5.74, 6) is -0.137. The highest BCUT2D eigenvalue weighted by Crippen LogP contribution is 2.06. The van der Waals surface area contributed by atoms with Crippen molar-refractivity contribution in [3.63, 3.8) is 0 Å². The number of hydrogen-bond donors (Lipinski definition) is 2. The minimum absolute atomic E-state index is 0.137. The molecule has 0 saturated heterocycles. The summed E-state index contributed by atoms with van der Waals surface area (Å²) in [6, 6.07) is 7.64. The molecule has 100 valence electrons. The molecule has 0 spiro atoms. The zero-order chi connectivity index (χ0) is 13.7. The van der Waals surface area contributed by atoms with Gasteiger partial charge in [0.25, 0.3) is 0 Å². The summed E-state index contributed by atoms with van der Waals surface area (Å²) in [5, 5.41) is 2.78. The van der Waals surface area contributed by atoms with Gasteiger partial charge in [-0.15, -0.1) is 0 Å². The maximum Gasteiger partial charge on any atom is 0.236 e. The normalized spacial score (nSPS) is 12.1. The van der Waals surface area contributed by atoms with Gasteiger partial charge in [-0.25, -0.2) is 4.98 Å². The first kappa shape index (κ1) is 13.3. The number of aromatic nitrogens is 2. The maximum absolute atomic E-state index is 11.3. The van der Waals surface area contributed by atoms with Gasteiger partial charge in [-0.3, -0.25) is 4.79 Å². The maximum atomic E-state index is 11.3. The first-order valence-corrected chi connectivity index (χ1v) is 6.22. The number of benzene rings is 1. The van der Waals surface area contributed by atoms with E-state index in [1.165, 1.54) is 5.56 Å². The first-order valence-electron chi connectivity index (χ1n) is 6.22. The lowest BCUT2D eigenvalue weighted by atomic mass is 10.1. The lowest BCUT2D eigenvalue weighted by molar-refractivity contribution is -0.122. The Hall–Kier alpha value is -2.14. The van der Waals surface area contributed by atoms with Gasteiger partial charge in [-0.1, -0.05) is 24.3 Å². The van der Waals surface area contributed by atoms with Crippen LogP contribution >= 0.6 is 0 Å². The van der Waals surface area contributed by atoms with Crippen LogP contribution in [0.5, 0.6) is 0 Å². The molecule has 0 saturated carbocycles. The number of carbonyl (C=O) groups excluding carboxylic acids is 1. The Morgan fingerprint density at radius 2 is 2.05 bits per heavy atom. The third-order valence-corrected chi connectivity index (χ3v) is 2.83. The summed E-state index contributed by atoms with van der Waals surface area (Å²) < 4.78 is 2.01. The molecule has 0 bridgehead atoms. The highest BCUT2D eigenvalue weighted by atomic mass is 16.2. The summed E-state index contributed by atoms with van der Waals surface area (Å²) in [6.07, 6.45) is 5.48. The smallest absolute Gasteiger partial charge is 0.236 e. The minimum atomic E-state index is -0.472. The molecule has 1 heterocycles. The Bertz CT molecular complexity index is 517. The molecular weight excluding hydrogens is 240 g/mol. The molecule has 1 aromatic carbocycles. The number of carbonyl (C=O) groups is 1. The van der Waals surface area contributed by atoms with E-state index in [4.69, 9.17) is 5.73 Å². The van der Waals surface area contributed by atoms with Crippen molar-refractivity contribution in [2.75, 3.05) is 0 Å². The SMILES string of the molecule is CC(N)C(=O)NCc1ccc(Cn2ccnc2)cc1. The van der Waals surface area contributed by atoms with Crippen LogP contribution in [0.1, 0.15) is 18.1 Å². The molecule has 1 amide bonds. The van der Waals surface area contributed by atoms with Gasteiger partial charge in [-0.2, -0.15) is 0 Å². The van der Waals surface area contributed by atoms with Crippen LogP contribution in [0.15, 0.2) is 43.0 Å². The monoisotopic (exact) mass is 258 g/mol. The van der Waals surface area contributed by atoms with Gasteiger partial charge in [0.15, 0.2) is 0 Å². The van der Waals surface area contributed by atoms with E-state index in [2.05, 4.69) is 10.3 Å². The molecule has 19 heavy (non-hydrogen) atoms. The second kappa shape index (κ2) is 6.15. The number of nitrogens with one attached hydrogen (secondary N) is 1. The fraction of sp³-hybridized carbons (Fsp3) is 0.286. The Labute approximate surface area is 112 Å². The topological polar surface area (TPSA) is 72.9 Å². The second-order valence-electron chi connectivity index (χ2n) is 4.56. The summed E-state index contributed by atoms with van der Waals surface area (Å²) in [5.41, 5.74) is 7.73. The number of nitrogens with two attached hydrogens (primary N) is 1. The molecule has 0 fully saturated rings. The van der Waals surface area contributed by atoms with Crippen molar-refractivity contribution >= 4 is 5.91 Å². The van der Waals surface area contributed by atoms with E-state index in [9.17, 15) is 4.79 Å². The first-order chi connectivity index (χ1) is 9.15. The van der Waals surface area contributed by atoms with Crippen LogP contribution in [0.25, 0.3) is 0 Å². The molecule has 3 N–H and O–H groups in total. The molecule has 1 atom stereocenters. The predicted octanol–water partition coefficient (Wildman–Crippen LogP) is 0.895. The van der Waals surface area contributed by atoms with Crippen LogP contribution in [0, 0.1) is 0 Å². The fourth-order valence-electron chi connectivity index (χ4n) is 1.70. The standard InChI is InChI=1S/C14H18N4O/c1-11(15)14(19)17-8-12-2-4-13(5-3-12)9-18-7-6-16-10-18/h2-7,10-11H,8-9,15H2,1H3,(H,17,19). The van der Waals surface area contributed by atoms with Crippen LogP contribution in [0.4, 0.5) is 0 Å². The highest BCUT2D eigenvalue weighted by molar-refractivity contribution is 5.80. The third-order valence-electron chi connectivity index (χ3n) is 2.83. The van der Waals surface area contributed by atoms with E-state index in [0.717, 1.165) is 12.1 Å². The summed E-state index contributed by atoms with van der Waals surface area (Å²) in [7, 11) is 0. The summed E-state index contributed by atoms with van der Waals surface area (Å²) >= 11 is 0. The van der Waals surface area contributed by atoms with Crippen molar-refractivity contribution in [2.45, 2.75) is 26.1 Å². The predicted molar refractivity (Wildman–Crippen MR) is 73.3 cm³/mol. The average molecular weight is 258 g/mol. The van der Waals surface area contributed by atoms with E-state index >= 15 is 0 Å². The molecule has 5 heteroatoms. The highest BCUT2D eigenvalue weighted by Gasteiger charge is 2.05. The van der Waals surface area contributed by atoms with E-state index in [0.29, 0.717) is 6.54 Å². The van der Waals surface area contributed by atoms with Crippen LogP contribution < -0.4 is 11.1 Å². The van der Waals surface area contributed by atoms with E-state index < -0.39 is 6.04 Å². The average Bonchev–Trinajstić information content (AvgIpc) is 2.90. The second-order valence-corrected chi connectivity index (χ2v) is 4.56. The molecule has 1 unspecified atom stereocenters. The molecule has 1 aromatic heterocycles. The molecule has 0 radical (unpaired) electrons. The lowest BCUT2D eigenvalue weighted by Crippen LogP contribution is -2.37. The zero-order valence-electron chi connectivity index (χ0n) is 10.9. The minimum Gasteiger partial charge on any atom is -0.351 e. The van der Waals surface area contributed by atoms with Gasteiger partial charge in [0, 0.05) is 25.5 Å². The molecule has 0 aliphatic heterocycles. The Morgan fingerprint density at radius 3 is 2.63 bits per heavy atom. The van der Waals surface area contributed by atoms with E-state index in [-0.39, 0.29) is 5.91 Å². The Morgan fingerprint density at radius 1 is 1.37 bits per heavy atom.